The fourth-order valence-electron chi connectivity index (χ4n) is 2.11. The first-order chi connectivity index (χ1) is 7.60. The predicted octanol–water partition coefficient (Wildman–Crippen LogP) is 2.84. The number of ether oxygens (including phenoxy) is 2. The summed E-state index contributed by atoms with van der Waals surface area (Å²) in [5.41, 5.74) is 1.69. The minimum absolute atomic E-state index is 0.0207. The Morgan fingerprint density at radius 2 is 2.06 bits per heavy atom. The zero-order valence-electron chi connectivity index (χ0n) is 9.46. The van der Waals surface area contributed by atoms with Crippen molar-refractivity contribution in [3.05, 3.63) is 21.7 Å². The van der Waals surface area contributed by atoms with Crippen LogP contribution in [0.2, 0.25) is 0 Å². The Morgan fingerprint density at radius 1 is 1.38 bits per heavy atom. The lowest BCUT2D eigenvalue weighted by molar-refractivity contribution is 0.0943. The second kappa shape index (κ2) is 4.09. The zero-order valence-corrected chi connectivity index (χ0v) is 11.1. The fraction of sp³-hybridized carbons (Fsp3) is 0.417. The van der Waals surface area contributed by atoms with Crippen LogP contribution in [0.5, 0.6) is 11.5 Å². The summed E-state index contributed by atoms with van der Waals surface area (Å²) in [5, 5.41) is 0. The number of carbonyl (C=O) groups excluding carboxylic acids is 1. The minimum Gasteiger partial charge on any atom is -0.493 e. The van der Waals surface area contributed by atoms with Crippen molar-refractivity contribution >= 4 is 21.7 Å². The van der Waals surface area contributed by atoms with E-state index < -0.39 is 0 Å². The lowest BCUT2D eigenvalue weighted by atomic mass is 10.1. The number of rotatable bonds is 2. The van der Waals surface area contributed by atoms with Crippen molar-refractivity contribution in [2.24, 2.45) is 5.92 Å². The Morgan fingerprint density at radius 3 is 2.62 bits per heavy atom. The Balaban J connectivity index is 2.71. The third-order valence-electron chi connectivity index (χ3n) is 2.93. The summed E-state index contributed by atoms with van der Waals surface area (Å²) >= 11 is 3.47. The molecule has 2 rings (SSSR count). The number of ketones is 1. The minimum atomic E-state index is 0.0207. The number of benzene rings is 1. The zero-order chi connectivity index (χ0) is 11.9. The van der Waals surface area contributed by atoms with Gasteiger partial charge in [0.2, 0.25) is 0 Å². The van der Waals surface area contributed by atoms with Gasteiger partial charge in [-0.05, 0) is 18.1 Å². The molecule has 1 atom stereocenters. The van der Waals surface area contributed by atoms with Crippen LogP contribution in [0.4, 0.5) is 0 Å². The number of Topliss-reactive ketones (excluding diaryl/α,β-unsaturated/α-hetero) is 1. The molecular formula is C12H13BrO3. The molecule has 1 aliphatic carbocycles. The summed E-state index contributed by atoms with van der Waals surface area (Å²) in [6.07, 6.45) is 0.759. The lowest BCUT2D eigenvalue weighted by Crippen LogP contribution is -2.05. The molecule has 3 nitrogen and oxygen atoms in total. The van der Waals surface area contributed by atoms with Gasteiger partial charge in [-0.25, -0.2) is 0 Å². The molecule has 0 heterocycles. The Bertz CT molecular complexity index is 454. The highest BCUT2D eigenvalue weighted by Gasteiger charge is 2.33. The van der Waals surface area contributed by atoms with Crippen molar-refractivity contribution in [3.63, 3.8) is 0 Å². The van der Waals surface area contributed by atoms with Gasteiger partial charge in [-0.2, -0.15) is 0 Å². The Kier molecular flexibility index (Phi) is 2.93. The van der Waals surface area contributed by atoms with Crippen LogP contribution >= 0.6 is 15.9 Å². The van der Waals surface area contributed by atoms with Crippen molar-refractivity contribution in [2.45, 2.75) is 13.3 Å². The fourth-order valence-corrected chi connectivity index (χ4v) is 2.68. The molecule has 0 fully saturated rings. The van der Waals surface area contributed by atoms with Gasteiger partial charge in [0.05, 0.1) is 19.8 Å². The molecule has 1 aromatic carbocycles. The van der Waals surface area contributed by atoms with Crippen LogP contribution in [0.15, 0.2) is 10.5 Å². The smallest absolute Gasteiger partial charge is 0.171 e. The molecule has 86 valence electrons. The summed E-state index contributed by atoms with van der Waals surface area (Å²) in [6, 6.07) is 1.85. The number of carbonyl (C=O) groups is 1. The van der Waals surface area contributed by atoms with Gasteiger partial charge < -0.3 is 9.47 Å². The van der Waals surface area contributed by atoms with Gasteiger partial charge in [0.25, 0.3) is 0 Å². The molecule has 1 aromatic rings. The van der Waals surface area contributed by atoms with Crippen LogP contribution < -0.4 is 9.47 Å². The first-order valence-electron chi connectivity index (χ1n) is 5.07. The van der Waals surface area contributed by atoms with Crippen molar-refractivity contribution < 1.29 is 14.3 Å². The average Bonchev–Trinajstić information content (AvgIpc) is 2.57. The van der Waals surface area contributed by atoms with E-state index in [9.17, 15) is 4.79 Å². The molecule has 16 heavy (non-hydrogen) atoms. The van der Waals surface area contributed by atoms with Crippen molar-refractivity contribution in [1.82, 2.24) is 0 Å². The van der Waals surface area contributed by atoms with Gasteiger partial charge >= 0.3 is 0 Å². The third-order valence-corrected chi connectivity index (χ3v) is 3.63. The molecular weight excluding hydrogens is 272 g/mol. The van der Waals surface area contributed by atoms with Crippen LogP contribution in [-0.2, 0) is 6.42 Å². The summed E-state index contributed by atoms with van der Waals surface area (Å²) in [5.74, 6) is 1.30. The summed E-state index contributed by atoms with van der Waals surface area (Å²) in [4.78, 5) is 12.0. The normalized spacial score (nSPS) is 18.5. The molecule has 0 bridgehead atoms. The maximum Gasteiger partial charge on any atom is 0.171 e. The number of hydrogen-bond acceptors (Lipinski definition) is 3. The summed E-state index contributed by atoms with van der Waals surface area (Å²) in [6.45, 7) is 1.93. The van der Waals surface area contributed by atoms with Gasteiger partial charge in [0, 0.05) is 10.4 Å². The molecule has 0 radical (unpaired) electrons. The number of hydrogen-bond donors (Lipinski definition) is 0. The third kappa shape index (κ3) is 1.52. The van der Waals surface area contributed by atoms with Gasteiger partial charge in [0.15, 0.2) is 17.3 Å². The Hall–Kier alpha value is -1.03. The van der Waals surface area contributed by atoms with Crippen LogP contribution in [0.3, 0.4) is 0 Å². The number of methoxy groups -OCH3 is 2. The van der Waals surface area contributed by atoms with Crippen molar-refractivity contribution in [1.29, 1.82) is 0 Å². The molecule has 0 saturated carbocycles. The maximum absolute atomic E-state index is 12.0. The van der Waals surface area contributed by atoms with Crippen molar-refractivity contribution in [3.8, 4) is 11.5 Å². The quantitative estimate of drug-likeness (QED) is 0.838. The molecule has 1 aliphatic rings. The summed E-state index contributed by atoms with van der Waals surface area (Å²) < 4.78 is 11.4. The lowest BCUT2D eigenvalue weighted by Gasteiger charge is -2.12. The molecule has 0 aliphatic heterocycles. The topological polar surface area (TPSA) is 35.5 Å². The molecule has 0 spiro atoms. The second-order valence-electron chi connectivity index (χ2n) is 3.92. The molecule has 4 heteroatoms. The number of fused-ring (bicyclic) bond motifs is 1. The van der Waals surface area contributed by atoms with Gasteiger partial charge in [-0.15, -0.1) is 0 Å². The SMILES string of the molecule is COc1cc(Br)c2c(c1OC)C(=O)C(C)C2. The van der Waals surface area contributed by atoms with E-state index in [1.165, 1.54) is 0 Å². The first kappa shape index (κ1) is 11.5. The van der Waals surface area contributed by atoms with Crippen LogP contribution in [0.1, 0.15) is 22.8 Å². The largest absolute Gasteiger partial charge is 0.493 e. The monoisotopic (exact) mass is 284 g/mol. The number of halogens is 1. The van der Waals surface area contributed by atoms with E-state index in [4.69, 9.17) is 9.47 Å². The van der Waals surface area contributed by atoms with Gasteiger partial charge in [-0.1, -0.05) is 22.9 Å². The van der Waals surface area contributed by atoms with E-state index >= 15 is 0 Å². The van der Waals surface area contributed by atoms with E-state index in [1.807, 2.05) is 13.0 Å². The summed E-state index contributed by atoms with van der Waals surface area (Å²) in [7, 11) is 3.13. The highest BCUT2D eigenvalue weighted by atomic mass is 79.9. The maximum atomic E-state index is 12.0. The highest BCUT2D eigenvalue weighted by Crippen LogP contribution is 2.43. The Labute approximate surface area is 103 Å². The van der Waals surface area contributed by atoms with Crippen molar-refractivity contribution in [2.75, 3.05) is 14.2 Å². The van der Waals surface area contributed by atoms with E-state index in [-0.39, 0.29) is 11.7 Å². The van der Waals surface area contributed by atoms with Gasteiger partial charge in [0.1, 0.15) is 0 Å². The first-order valence-corrected chi connectivity index (χ1v) is 5.87. The second-order valence-corrected chi connectivity index (χ2v) is 4.77. The molecule has 1 unspecified atom stereocenters. The standard InChI is InChI=1S/C12H13BrO3/c1-6-4-7-8(13)5-9(15-2)12(16-3)10(7)11(6)14/h5-6H,4H2,1-3H3. The molecule has 0 N–H and O–H groups in total. The van der Waals surface area contributed by atoms with E-state index in [2.05, 4.69) is 15.9 Å². The molecule has 0 aromatic heterocycles. The molecule has 0 saturated heterocycles. The average molecular weight is 285 g/mol. The van der Waals surface area contributed by atoms with Gasteiger partial charge in [-0.3, -0.25) is 4.79 Å². The van der Waals surface area contributed by atoms with Crippen LogP contribution in [0, 0.1) is 5.92 Å². The van der Waals surface area contributed by atoms with Crippen LogP contribution in [-0.4, -0.2) is 20.0 Å². The van der Waals surface area contributed by atoms with Crippen LogP contribution in [0.25, 0.3) is 0 Å². The van der Waals surface area contributed by atoms with E-state index in [1.54, 1.807) is 14.2 Å². The van der Waals surface area contributed by atoms with E-state index in [0.29, 0.717) is 17.1 Å². The van der Waals surface area contributed by atoms with E-state index in [0.717, 1.165) is 16.5 Å². The predicted molar refractivity (Wildman–Crippen MR) is 64.4 cm³/mol. The molecule has 0 amide bonds. The highest BCUT2D eigenvalue weighted by molar-refractivity contribution is 9.10.